The maximum absolute atomic E-state index is 11.8. The number of carbonyl (C=O) groups is 1. The number of hydrogen-bond acceptors (Lipinski definition) is 3. The van der Waals surface area contributed by atoms with Crippen LogP contribution in [0.15, 0.2) is 0 Å². The Kier molecular flexibility index (Phi) is 6.58. The highest BCUT2D eigenvalue weighted by atomic mass is 19.4. The minimum absolute atomic E-state index is 0.142. The van der Waals surface area contributed by atoms with Crippen molar-refractivity contribution in [1.82, 2.24) is 4.90 Å². The van der Waals surface area contributed by atoms with E-state index in [4.69, 9.17) is 5.26 Å². The maximum Gasteiger partial charge on any atom is 0.411 e. The Morgan fingerprint density at radius 2 is 2.06 bits per heavy atom. The molecule has 1 amide bonds. The van der Waals surface area contributed by atoms with Crippen molar-refractivity contribution in [3.05, 3.63) is 0 Å². The number of ether oxygens (including phenoxy) is 1. The van der Waals surface area contributed by atoms with Gasteiger partial charge in [0.2, 0.25) is 5.91 Å². The van der Waals surface area contributed by atoms with Crippen LogP contribution < -0.4 is 0 Å². The minimum atomic E-state index is -4.43. The zero-order chi connectivity index (χ0) is 13.5. The van der Waals surface area contributed by atoms with Crippen molar-refractivity contribution < 1.29 is 22.7 Å². The third-order valence-corrected chi connectivity index (χ3v) is 1.90. The average molecular weight is 252 g/mol. The van der Waals surface area contributed by atoms with E-state index in [0.29, 0.717) is 0 Å². The Hall–Kier alpha value is -1.29. The summed E-state index contributed by atoms with van der Waals surface area (Å²) < 4.78 is 39.6. The molecule has 0 rings (SSSR count). The Bertz CT molecular complexity index is 284. The SMILES string of the molecule is CC(C)N(CCC#N)C(=O)COCC(F)(F)F. The number of alkyl halides is 3. The summed E-state index contributed by atoms with van der Waals surface area (Å²) in [6.45, 7) is 1.58. The summed E-state index contributed by atoms with van der Waals surface area (Å²) in [5.74, 6) is -0.542. The lowest BCUT2D eigenvalue weighted by Gasteiger charge is -2.25. The number of amides is 1. The van der Waals surface area contributed by atoms with Gasteiger partial charge in [0.1, 0.15) is 13.2 Å². The fourth-order valence-electron chi connectivity index (χ4n) is 1.18. The van der Waals surface area contributed by atoms with Crippen molar-refractivity contribution in [2.75, 3.05) is 19.8 Å². The van der Waals surface area contributed by atoms with E-state index >= 15 is 0 Å². The summed E-state index contributed by atoms with van der Waals surface area (Å²) in [4.78, 5) is 12.8. The van der Waals surface area contributed by atoms with Crippen LogP contribution in [-0.4, -0.2) is 42.8 Å². The summed E-state index contributed by atoms with van der Waals surface area (Å²) in [5.41, 5.74) is 0. The summed E-state index contributed by atoms with van der Waals surface area (Å²) in [7, 11) is 0. The van der Waals surface area contributed by atoms with E-state index in [2.05, 4.69) is 4.74 Å². The van der Waals surface area contributed by atoms with Crippen LogP contribution in [0.3, 0.4) is 0 Å². The van der Waals surface area contributed by atoms with Crippen LogP contribution in [0.4, 0.5) is 13.2 Å². The molecule has 0 N–H and O–H groups in total. The first-order valence-electron chi connectivity index (χ1n) is 5.09. The molecule has 0 spiro atoms. The first-order chi connectivity index (χ1) is 7.78. The van der Waals surface area contributed by atoms with E-state index in [1.165, 1.54) is 4.90 Å². The second-order valence-corrected chi connectivity index (χ2v) is 3.70. The van der Waals surface area contributed by atoms with Crippen molar-refractivity contribution in [3.63, 3.8) is 0 Å². The highest BCUT2D eigenvalue weighted by Gasteiger charge is 2.28. The molecule has 0 atom stereocenters. The van der Waals surface area contributed by atoms with Gasteiger partial charge in [-0.2, -0.15) is 18.4 Å². The molecule has 98 valence electrons. The van der Waals surface area contributed by atoms with E-state index in [-0.39, 0.29) is 19.0 Å². The molecule has 0 unspecified atom stereocenters. The van der Waals surface area contributed by atoms with Crippen molar-refractivity contribution >= 4 is 5.91 Å². The molecule has 7 heteroatoms. The summed E-state index contributed by atoms with van der Waals surface area (Å²) >= 11 is 0. The summed E-state index contributed by atoms with van der Waals surface area (Å²) in [6.07, 6.45) is -4.29. The highest BCUT2D eigenvalue weighted by molar-refractivity contribution is 5.77. The molecule has 0 aliphatic heterocycles. The quantitative estimate of drug-likeness (QED) is 0.723. The Labute approximate surface area is 97.9 Å². The van der Waals surface area contributed by atoms with Gasteiger partial charge in [-0.15, -0.1) is 0 Å². The van der Waals surface area contributed by atoms with Crippen LogP contribution in [-0.2, 0) is 9.53 Å². The maximum atomic E-state index is 11.8. The van der Waals surface area contributed by atoms with E-state index in [1.807, 2.05) is 6.07 Å². The molecule has 0 aliphatic rings. The van der Waals surface area contributed by atoms with Crippen LogP contribution in [0.1, 0.15) is 20.3 Å². The molecule has 0 saturated carbocycles. The lowest BCUT2D eigenvalue weighted by atomic mass is 10.3. The first-order valence-corrected chi connectivity index (χ1v) is 5.09. The van der Waals surface area contributed by atoms with Crippen LogP contribution in [0.25, 0.3) is 0 Å². The molecule has 17 heavy (non-hydrogen) atoms. The average Bonchev–Trinajstić information content (AvgIpc) is 2.15. The molecule has 0 bridgehead atoms. The molecule has 0 fully saturated rings. The fraction of sp³-hybridized carbons (Fsp3) is 0.800. The smallest absolute Gasteiger partial charge is 0.362 e. The number of rotatable bonds is 6. The fourth-order valence-corrected chi connectivity index (χ4v) is 1.18. The predicted octanol–water partition coefficient (Wildman–Crippen LogP) is 1.72. The number of halogens is 3. The normalized spacial score (nSPS) is 11.4. The van der Waals surface area contributed by atoms with Gasteiger partial charge in [0.05, 0.1) is 12.5 Å². The van der Waals surface area contributed by atoms with Crippen LogP contribution in [0, 0.1) is 11.3 Å². The summed E-state index contributed by atoms with van der Waals surface area (Å²) in [6, 6.07) is 1.70. The molecule has 0 heterocycles. The Balaban J connectivity index is 4.11. The van der Waals surface area contributed by atoms with E-state index in [0.717, 1.165) is 0 Å². The van der Waals surface area contributed by atoms with Gasteiger partial charge in [-0.1, -0.05) is 0 Å². The number of hydrogen-bond donors (Lipinski definition) is 0. The van der Waals surface area contributed by atoms with Crippen LogP contribution in [0.5, 0.6) is 0 Å². The van der Waals surface area contributed by atoms with Crippen molar-refractivity contribution in [2.24, 2.45) is 0 Å². The second-order valence-electron chi connectivity index (χ2n) is 3.70. The van der Waals surface area contributed by atoms with E-state index in [9.17, 15) is 18.0 Å². The molecule has 0 aromatic carbocycles. The molecular formula is C10H15F3N2O2. The third-order valence-electron chi connectivity index (χ3n) is 1.90. The Morgan fingerprint density at radius 1 is 1.47 bits per heavy atom. The van der Waals surface area contributed by atoms with Gasteiger partial charge in [0, 0.05) is 12.6 Å². The lowest BCUT2D eigenvalue weighted by molar-refractivity contribution is -0.178. The standard InChI is InChI=1S/C10H15F3N2O2/c1-8(2)15(5-3-4-14)9(16)6-17-7-10(11,12)13/h8H,3,5-7H2,1-2H3. The number of nitrogens with zero attached hydrogens (tertiary/aromatic N) is 2. The van der Waals surface area contributed by atoms with Gasteiger partial charge >= 0.3 is 6.18 Å². The topological polar surface area (TPSA) is 53.3 Å². The molecule has 0 radical (unpaired) electrons. The van der Waals surface area contributed by atoms with Gasteiger partial charge in [0.15, 0.2) is 0 Å². The largest absolute Gasteiger partial charge is 0.411 e. The van der Waals surface area contributed by atoms with Gasteiger partial charge in [-0.3, -0.25) is 4.79 Å². The second kappa shape index (κ2) is 7.12. The highest BCUT2D eigenvalue weighted by Crippen LogP contribution is 2.14. The van der Waals surface area contributed by atoms with E-state index in [1.54, 1.807) is 13.8 Å². The van der Waals surface area contributed by atoms with Crippen molar-refractivity contribution in [1.29, 1.82) is 5.26 Å². The number of nitriles is 1. The Morgan fingerprint density at radius 3 is 2.47 bits per heavy atom. The summed E-state index contributed by atoms with van der Waals surface area (Å²) in [5, 5.41) is 8.39. The number of carbonyl (C=O) groups excluding carboxylic acids is 1. The molecule has 0 aromatic heterocycles. The lowest BCUT2D eigenvalue weighted by Crippen LogP contribution is -2.40. The van der Waals surface area contributed by atoms with Gasteiger partial charge in [0.25, 0.3) is 0 Å². The van der Waals surface area contributed by atoms with Crippen molar-refractivity contribution in [2.45, 2.75) is 32.5 Å². The van der Waals surface area contributed by atoms with Gasteiger partial charge in [-0.05, 0) is 13.8 Å². The molecular weight excluding hydrogens is 237 g/mol. The predicted molar refractivity (Wildman–Crippen MR) is 54.0 cm³/mol. The molecule has 0 saturated heterocycles. The molecule has 0 aliphatic carbocycles. The minimum Gasteiger partial charge on any atom is -0.362 e. The van der Waals surface area contributed by atoms with Crippen LogP contribution in [0.2, 0.25) is 0 Å². The van der Waals surface area contributed by atoms with Crippen LogP contribution >= 0.6 is 0 Å². The van der Waals surface area contributed by atoms with E-state index < -0.39 is 25.3 Å². The monoisotopic (exact) mass is 252 g/mol. The zero-order valence-corrected chi connectivity index (χ0v) is 9.75. The first kappa shape index (κ1) is 15.7. The molecule has 4 nitrogen and oxygen atoms in total. The third kappa shape index (κ3) is 7.58. The van der Waals surface area contributed by atoms with Gasteiger partial charge in [-0.25, -0.2) is 0 Å². The van der Waals surface area contributed by atoms with Gasteiger partial charge < -0.3 is 9.64 Å². The zero-order valence-electron chi connectivity index (χ0n) is 9.75. The molecule has 0 aromatic rings. The van der Waals surface area contributed by atoms with Crippen molar-refractivity contribution in [3.8, 4) is 6.07 Å².